The van der Waals surface area contributed by atoms with Crippen LogP contribution in [-0.4, -0.2) is 26.8 Å². The summed E-state index contributed by atoms with van der Waals surface area (Å²) in [5, 5.41) is 13.9. The van der Waals surface area contributed by atoms with Crippen molar-refractivity contribution in [3.63, 3.8) is 0 Å². The van der Waals surface area contributed by atoms with Crippen LogP contribution in [0.5, 0.6) is 5.88 Å². The fraction of sp³-hybridized carbons (Fsp3) is 0.538. The molecular formula is C13H18N4O3S. The molecule has 0 spiro atoms. The Morgan fingerprint density at radius 2 is 2.33 bits per heavy atom. The first kappa shape index (κ1) is 15.4. The molecule has 0 bridgehead atoms. The summed E-state index contributed by atoms with van der Waals surface area (Å²) in [5.74, 6) is -0.434. The van der Waals surface area contributed by atoms with Crippen molar-refractivity contribution in [1.29, 1.82) is 0 Å². The fourth-order valence-corrected chi connectivity index (χ4v) is 2.23. The second-order valence-corrected chi connectivity index (χ2v) is 5.38. The van der Waals surface area contributed by atoms with E-state index in [1.165, 1.54) is 4.57 Å². The number of H-pyrrole nitrogens is 1. The summed E-state index contributed by atoms with van der Waals surface area (Å²) in [7, 11) is 0. The predicted molar refractivity (Wildman–Crippen MR) is 81.1 cm³/mol. The smallest absolute Gasteiger partial charge is 0.264 e. The molecule has 8 heteroatoms. The standard InChI is InChI=1S/C13H18N4O3S/c1-2-3-4-10(18)16-14-7-9-11(19)15-13(21)17(12(9)20)8-5-6-8/h7-8,20H,2-6H2,1H3,(H,16,18)(H,15,19,21)/b14-7+. The Kier molecular flexibility index (Phi) is 4.89. The summed E-state index contributed by atoms with van der Waals surface area (Å²) in [6.45, 7) is 1.99. The molecule has 1 aromatic heterocycles. The molecule has 1 aliphatic rings. The summed E-state index contributed by atoms with van der Waals surface area (Å²) in [4.78, 5) is 25.7. The molecule has 114 valence electrons. The molecule has 2 rings (SSSR count). The molecule has 0 aromatic carbocycles. The fourth-order valence-electron chi connectivity index (χ4n) is 1.90. The number of aromatic hydroxyl groups is 1. The predicted octanol–water partition coefficient (Wildman–Crippen LogP) is 1.59. The summed E-state index contributed by atoms with van der Waals surface area (Å²) in [6, 6.07) is 0.126. The minimum Gasteiger partial charge on any atom is -0.494 e. The Morgan fingerprint density at radius 1 is 1.62 bits per heavy atom. The summed E-state index contributed by atoms with van der Waals surface area (Å²) in [6.07, 6.45) is 5.05. The Morgan fingerprint density at radius 3 is 2.95 bits per heavy atom. The van der Waals surface area contributed by atoms with E-state index < -0.39 is 5.56 Å². The zero-order chi connectivity index (χ0) is 15.4. The highest BCUT2D eigenvalue weighted by Crippen LogP contribution is 2.37. The van der Waals surface area contributed by atoms with Crippen molar-refractivity contribution in [1.82, 2.24) is 15.0 Å². The van der Waals surface area contributed by atoms with Crippen LogP contribution in [0.3, 0.4) is 0 Å². The molecule has 0 saturated heterocycles. The average molecular weight is 310 g/mol. The second kappa shape index (κ2) is 6.66. The number of hydrazone groups is 1. The quantitative estimate of drug-likeness (QED) is 0.422. The first-order chi connectivity index (χ1) is 10.0. The van der Waals surface area contributed by atoms with E-state index in [-0.39, 0.29) is 28.2 Å². The molecule has 1 aliphatic carbocycles. The zero-order valence-corrected chi connectivity index (χ0v) is 12.6. The van der Waals surface area contributed by atoms with E-state index in [4.69, 9.17) is 12.2 Å². The van der Waals surface area contributed by atoms with Crippen LogP contribution < -0.4 is 11.0 Å². The molecule has 0 aliphatic heterocycles. The van der Waals surface area contributed by atoms with Crippen LogP contribution in [0.4, 0.5) is 0 Å². The number of unbranched alkanes of at least 4 members (excludes halogenated alkanes) is 1. The van der Waals surface area contributed by atoms with Gasteiger partial charge in [0.05, 0.1) is 6.21 Å². The van der Waals surface area contributed by atoms with E-state index in [1.807, 2.05) is 6.92 Å². The number of hydrogen-bond donors (Lipinski definition) is 3. The highest BCUT2D eigenvalue weighted by Gasteiger charge is 2.27. The van der Waals surface area contributed by atoms with Gasteiger partial charge >= 0.3 is 0 Å². The Labute approximate surface area is 126 Å². The number of hydrogen-bond acceptors (Lipinski definition) is 5. The van der Waals surface area contributed by atoms with Crippen LogP contribution in [0.15, 0.2) is 9.90 Å². The first-order valence-corrected chi connectivity index (χ1v) is 7.35. The number of carbonyl (C=O) groups excluding carboxylic acids is 1. The van der Waals surface area contributed by atoms with Crippen molar-refractivity contribution in [2.45, 2.75) is 45.1 Å². The largest absolute Gasteiger partial charge is 0.494 e. The van der Waals surface area contributed by atoms with Crippen LogP contribution in [0, 0.1) is 4.77 Å². The van der Waals surface area contributed by atoms with Gasteiger partial charge in [0.1, 0.15) is 5.56 Å². The number of aromatic nitrogens is 2. The lowest BCUT2D eigenvalue weighted by Gasteiger charge is -2.09. The maximum Gasteiger partial charge on any atom is 0.264 e. The molecule has 0 atom stereocenters. The SMILES string of the molecule is CCCCC(=O)N/N=C/c1c(O)n(C2CC2)c(=S)[nH]c1=O. The minimum absolute atomic E-state index is 0.00806. The van der Waals surface area contributed by atoms with Crippen molar-refractivity contribution in [3.05, 3.63) is 20.7 Å². The molecule has 21 heavy (non-hydrogen) atoms. The first-order valence-electron chi connectivity index (χ1n) is 6.94. The summed E-state index contributed by atoms with van der Waals surface area (Å²) in [5.41, 5.74) is 1.80. The second-order valence-electron chi connectivity index (χ2n) is 4.99. The van der Waals surface area contributed by atoms with Gasteiger partial charge in [-0.3, -0.25) is 19.1 Å². The molecule has 1 fully saturated rings. The highest BCUT2D eigenvalue weighted by molar-refractivity contribution is 7.71. The average Bonchev–Trinajstić information content (AvgIpc) is 3.24. The maximum absolute atomic E-state index is 11.8. The van der Waals surface area contributed by atoms with Gasteiger partial charge in [-0.05, 0) is 31.5 Å². The lowest BCUT2D eigenvalue weighted by atomic mass is 10.2. The Balaban J connectivity index is 2.16. The third-order valence-corrected chi connectivity index (χ3v) is 3.50. The van der Waals surface area contributed by atoms with E-state index in [0.717, 1.165) is 31.9 Å². The molecule has 1 amide bonds. The van der Waals surface area contributed by atoms with Crippen molar-refractivity contribution in [2.75, 3.05) is 0 Å². The molecule has 0 radical (unpaired) electrons. The monoisotopic (exact) mass is 310 g/mol. The summed E-state index contributed by atoms with van der Waals surface area (Å²) < 4.78 is 1.71. The van der Waals surface area contributed by atoms with E-state index in [9.17, 15) is 14.7 Å². The van der Waals surface area contributed by atoms with Gasteiger partial charge in [0.25, 0.3) is 5.56 Å². The third-order valence-electron chi connectivity index (χ3n) is 3.21. The lowest BCUT2D eigenvalue weighted by molar-refractivity contribution is -0.121. The number of nitrogens with zero attached hydrogens (tertiary/aromatic N) is 2. The van der Waals surface area contributed by atoms with E-state index in [2.05, 4.69) is 15.5 Å². The Bertz CT molecular complexity index is 673. The number of amides is 1. The maximum atomic E-state index is 11.8. The van der Waals surface area contributed by atoms with E-state index in [0.29, 0.717) is 6.42 Å². The van der Waals surface area contributed by atoms with Crippen LogP contribution in [0.2, 0.25) is 0 Å². The molecule has 3 N–H and O–H groups in total. The van der Waals surface area contributed by atoms with Crippen LogP contribution >= 0.6 is 12.2 Å². The van der Waals surface area contributed by atoms with Crippen molar-refractivity contribution in [2.24, 2.45) is 5.10 Å². The molecular weight excluding hydrogens is 292 g/mol. The zero-order valence-electron chi connectivity index (χ0n) is 11.8. The number of aromatic amines is 1. The topological polar surface area (TPSA) is 99.5 Å². The molecule has 1 heterocycles. The van der Waals surface area contributed by atoms with Crippen molar-refractivity contribution < 1.29 is 9.90 Å². The van der Waals surface area contributed by atoms with Crippen molar-refractivity contribution >= 4 is 24.3 Å². The van der Waals surface area contributed by atoms with Crippen LogP contribution in [-0.2, 0) is 4.79 Å². The number of rotatable bonds is 6. The minimum atomic E-state index is -0.527. The van der Waals surface area contributed by atoms with Gasteiger partial charge in [-0.1, -0.05) is 13.3 Å². The van der Waals surface area contributed by atoms with Gasteiger partial charge in [0, 0.05) is 12.5 Å². The van der Waals surface area contributed by atoms with Gasteiger partial charge in [-0.25, -0.2) is 5.43 Å². The van der Waals surface area contributed by atoms with Crippen LogP contribution in [0.1, 0.15) is 50.6 Å². The molecule has 7 nitrogen and oxygen atoms in total. The lowest BCUT2D eigenvalue weighted by Crippen LogP contribution is -2.21. The summed E-state index contributed by atoms with van der Waals surface area (Å²) >= 11 is 5.04. The van der Waals surface area contributed by atoms with Gasteiger partial charge in [-0.2, -0.15) is 5.10 Å². The van der Waals surface area contributed by atoms with Gasteiger partial charge < -0.3 is 5.11 Å². The number of carbonyl (C=O) groups is 1. The highest BCUT2D eigenvalue weighted by atomic mass is 32.1. The van der Waals surface area contributed by atoms with Gasteiger partial charge in [0.15, 0.2) is 4.77 Å². The van der Waals surface area contributed by atoms with Gasteiger partial charge in [-0.15, -0.1) is 0 Å². The van der Waals surface area contributed by atoms with E-state index >= 15 is 0 Å². The number of nitrogens with one attached hydrogen (secondary N) is 2. The molecule has 1 saturated carbocycles. The Hall–Kier alpha value is -1.96. The molecule has 0 unspecified atom stereocenters. The van der Waals surface area contributed by atoms with Crippen LogP contribution in [0.25, 0.3) is 0 Å². The normalized spacial score (nSPS) is 14.5. The third kappa shape index (κ3) is 3.78. The molecule has 1 aromatic rings. The van der Waals surface area contributed by atoms with Crippen molar-refractivity contribution in [3.8, 4) is 5.88 Å². The van der Waals surface area contributed by atoms with E-state index in [1.54, 1.807) is 0 Å². The van der Waals surface area contributed by atoms with Gasteiger partial charge in [0.2, 0.25) is 11.8 Å².